The van der Waals surface area contributed by atoms with Crippen LogP contribution < -0.4 is 4.72 Å². The standard InChI is InChI=1S/C12H16F3NO2S/c1-11(2,3)19(17)16-10(12(13,14)15)7-6-9-5-4-8-18-9/h4-8,10,16H,1-3H3/b7-6+/t10-,19?/m0/s1. The minimum atomic E-state index is -4.52. The summed E-state index contributed by atoms with van der Waals surface area (Å²) >= 11 is 0. The highest BCUT2D eigenvalue weighted by Gasteiger charge is 2.40. The van der Waals surface area contributed by atoms with Crippen LogP contribution in [0.4, 0.5) is 13.2 Å². The van der Waals surface area contributed by atoms with E-state index in [4.69, 9.17) is 4.42 Å². The predicted octanol–water partition coefficient (Wildman–Crippen LogP) is 3.28. The molecule has 0 fully saturated rings. The van der Waals surface area contributed by atoms with Crippen LogP contribution in [-0.4, -0.2) is 21.2 Å². The topological polar surface area (TPSA) is 42.2 Å². The van der Waals surface area contributed by atoms with Gasteiger partial charge in [0.05, 0.1) is 22.0 Å². The van der Waals surface area contributed by atoms with Gasteiger partial charge in [0.25, 0.3) is 0 Å². The van der Waals surface area contributed by atoms with Crippen LogP contribution in [-0.2, 0) is 11.0 Å². The summed E-state index contributed by atoms with van der Waals surface area (Å²) in [4.78, 5) is 0. The van der Waals surface area contributed by atoms with Gasteiger partial charge >= 0.3 is 6.18 Å². The van der Waals surface area contributed by atoms with E-state index in [0.29, 0.717) is 5.76 Å². The van der Waals surface area contributed by atoms with E-state index in [2.05, 4.69) is 4.72 Å². The van der Waals surface area contributed by atoms with Crippen LogP contribution in [0.2, 0.25) is 0 Å². The molecule has 19 heavy (non-hydrogen) atoms. The molecule has 3 nitrogen and oxygen atoms in total. The molecule has 1 N–H and O–H groups in total. The summed E-state index contributed by atoms with van der Waals surface area (Å²) in [5, 5.41) is 0. The zero-order valence-corrected chi connectivity index (χ0v) is 11.6. The second-order valence-corrected chi connectivity index (χ2v) is 6.89. The van der Waals surface area contributed by atoms with Gasteiger partial charge in [-0.05, 0) is 39.0 Å². The summed E-state index contributed by atoms with van der Waals surface area (Å²) in [6, 6.07) is 1.12. The van der Waals surface area contributed by atoms with Crippen molar-refractivity contribution in [2.75, 3.05) is 0 Å². The maximum Gasteiger partial charge on any atom is 0.408 e. The van der Waals surface area contributed by atoms with Crippen molar-refractivity contribution in [2.45, 2.75) is 37.7 Å². The Labute approximate surface area is 112 Å². The first-order valence-electron chi connectivity index (χ1n) is 5.57. The van der Waals surface area contributed by atoms with E-state index in [1.54, 1.807) is 26.8 Å². The second kappa shape index (κ2) is 5.92. The van der Waals surface area contributed by atoms with Crippen LogP contribution in [0.25, 0.3) is 6.08 Å². The third-order valence-corrected chi connectivity index (χ3v) is 3.72. The Morgan fingerprint density at radius 3 is 2.42 bits per heavy atom. The Morgan fingerprint density at radius 2 is 2.00 bits per heavy atom. The smallest absolute Gasteiger partial charge is 0.408 e. The molecular formula is C12H16F3NO2S. The van der Waals surface area contributed by atoms with Gasteiger partial charge in [0.15, 0.2) is 0 Å². The van der Waals surface area contributed by atoms with Crippen LogP contribution in [0.3, 0.4) is 0 Å². The van der Waals surface area contributed by atoms with Crippen molar-refractivity contribution in [3.63, 3.8) is 0 Å². The van der Waals surface area contributed by atoms with E-state index in [9.17, 15) is 17.4 Å². The molecule has 0 spiro atoms. The fraction of sp³-hybridized carbons (Fsp3) is 0.500. The summed E-state index contributed by atoms with van der Waals surface area (Å²) in [6.45, 7) is 4.79. The van der Waals surface area contributed by atoms with Gasteiger partial charge in [-0.2, -0.15) is 13.2 Å². The van der Waals surface area contributed by atoms with Crippen LogP contribution in [0.5, 0.6) is 0 Å². The van der Waals surface area contributed by atoms with Crippen LogP contribution >= 0.6 is 0 Å². The number of furan rings is 1. The van der Waals surface area contributed by atoms with Crippen LogP contribution in [0, 0.1) is 0 Å². The summed E-state index contributed by atoms with van der Waals surface area (Å²) in [5.41, 5.74) is 0. The van der Waals surface area contributed by atoms with Crippen molar-refractivity contribution in [3.8, 4) is 0 Å². The van der Waals surface area contributed by atoms with Gasteiger partial charge < -0.3 is 4.42 Å². The lowest BCUT2D eigenvalue weighted by Gasteiger charge is -2.23. The highest BCUT2D eigenvalue weighted by molar-refractivity contribution is 7.84. The molecule has 1 heterocycles. The Kier molecular flexibility index (Phi) is 4.98. The first-order chi connectivity index (χ1) is 8.60. The molecule has 1 aromatic heterocycles. The Hall–Kier alpha value is -1.08. The number of hydrogen-bond acceptors (Lipinski definition) is 2. The largest absolute Gasteiger partial charge is 0.465 e. The minimum absolute atomic E-state index is 0.303. The third-order valence-electron chi connectivity index (χ3n) is 2.14. The summed E-state index contributed by atoms with van der Waals surface area (Å²) in [5.74, 6) is 0.303. The highest BCUT2D eigenvalue weighted by atomic mass is 32.2. The molecule has 0 aromatic carbocycles. The zero-order valence-electron chi connectivity index (χ0n) is 10.8. The molecule has 108 valence electrons. The van der Waals surface area contributed by atoms with Gasteiger partial charge in [-0.1, -0.05) is 6.08 Å². The Morgan fingerprint density at radius 1 is 1.37 bits per heavy atom. The molecule has 0 radical (unpaired) electrons. The molecule has 0 bridgehead atoms. The van der Waals surface area contributed by atoms with Crippen LogP contribution in [0.1, 0.15) is 26.5 Å². The maximum absolute atomic E-state index is 12.8. The lowest BCUT2D eigenvalue weighted by molar-refractivity contribution is -0.139. The summed E-state index contributed by atoms with van der Waals surface area (Å²) in [6.07, 6.45) is -1.07. The fourth-order valence-corrected chi connectivity index (χ4v) is 1.88. The van der Waals surface area contributed by atoms with Gasteiger partial charge in [-0.3, -0.25) is 0 Å². The lowest BCUT2D eigenvalue weighted by atomic mass is 10.2. The molecule has 7 heteroatoms. The van der Waals surface area contributed by atoms with Crippen molar-refractivity contribution in [3.05, 3.63) is 30.2 Å². The average Bonchev–Trinajstić information content (AvgIpc) is 2.73. The number of nitrogens with one attached hydrogen (secondary N) is 1. The van der Waals surface area contributed by atoms with Crippen LogP contribution in [0.15, 0.2) is 28.9 Å². The van der Waals surface area contributed by atoms with Crippen molar-refractivity contribution < 1.29 is 21.8 Å². The Balaban J connectivity index is 2.82. The quantitative estimate of drug-likeness (QED) is 0.926. The molecule has 0 amide bonds. The van der Waals surface area contributed by atoms with Gasteiger partial charge in [-0.25, -0.2) is 8.93 Å². The van der Waals surface area contributed by atoms with E-state index >= 15 is 0 Å². The first-order valence-corrected chi connectivity index (χ1v) is 6.72. The van der Waals surface area contributed by atoms with Crippen molar-refractivity contribution in [1.82, 2.24) is 4.72 Å². The first kappa shape index (κ1) is 16.0. The Bertz CT molecular complexity index is 447. The highest BCUT2D eigenvalue weighted by Crippen LogP contribution is 2.23. The summed E-state index contributed by atoms with van der Waals surface area (Å²) < 4.78 is 56.4. The molecule has 1 aromatic rings. The number of hydrogen-bond donors (Lipinski definition) is 1. The SMILES string of the molecule is CC(C)(C)S(=O)N[C@@H](/C=C/c1ccco1)C(F)(F)F. The van der Waals surface area contributed by atoms with E-state index in [0.717, 1.165) is 6.08 Å². The van der Waals surface area contributed by atoms with E-state index < -0.39 is 28.0 Å². The predicted molar refractivity (Wildman–Crippen MR) is 68.6 cm³/mol. The number of rotatable bonds is 4. The average molecular weight is 295 g/mol. The van der Waals surface area contributed by atoms with E-state index in [-0.39, 0.29) is 0 Å². The van der Waals surface area contributed by atoms with E-state index in [1.165, 1.54) is 18.4 Å². The van der Waals surface area contributed by atoms with Crippen molar-refractivity contribution in [1.29, 1.82) is 0 Å². The molecule has 0 saturated carbocycles. The fourth-order valence-electron chi connectivity index (χ4n) is 1.08. The normalized spacial score (nSPS) is 16.7. The van der Waals surface area contributed by atoms with Gasteiger partial charge in [0.2, 0.25) is 0 Å². The van der Waals surface area contributed by atoms with E-state index in [1.807, 2.05) is 0 Å². The molecule has 1 unspecified atom stereocenters. The molecule has 0 saturated heterocycles. The van der Waals surface area contributed by atoms with Crippen molar-refractivity contribution >= 4 is 17.1 Å². The van der Waals surface area contributed by atoms with Gasteiger partial charge in [0, 0.05) is 0 Å². The third kappa shape index (κ3) is 5.20. The van der Waals surface area contributed by atoms with Gasteiger partial charge in [0.1, 0.15) is 11.8 Å². The van der Waals surface area contributed by atoms with Crippen molar-refractivity contribution in [2.24, 2.45) is 0 Å². The zero-order chi connectivity index (χ0) is 14.7. The molecule has 0 aliphatic rings. The summed E-state index contributed by atoms with van der Waals surface area (Å²) in [7, 11) is -1.81. The van der Waals surface area contributed by atoms with Gasteiger partial charge in [-0.15, -0.1) is 0 Å². The molecule has 2 atom stereocenters. The minimum Gasteiger partial charge on any atom is -0.465 e. The number of alkyl halides is 3. The molecule has 1 rings (SSSR count). The second-order valence-electron chi connectivity index (χ2n) is 4.89. The molecular weight excluding hydrogens is 279 g/mol. The monoisotopic (exact) mass is 295 g/mol. The molecule has 0 aliphatic heterocycles. The molecule has 0 aliphatic carbocycles. The number of halogens is 3. The maximum atomic E-state index is 12.8. The lowest BCUT2D eigenvalue weighted by Crippen LogP contribution is -2.46.